The highest BCUT2D eigenvalue weighted by Gasteiger charge is 2.47. The van der Waals surface area contributed by atoms with E-state index < -0.39 is 22.7 Å². The second-order valence-electron chi connectivity index (χ2n) is 16.2. The molecule has 5 atom stereocenters. The van der Waals surface area contributed by atoms with Gasteiger partial charge in [0.25, 0.3) is 0 Å². The molecular formula is C37H66O6Si2. The largest absolute Gasteiger partial charge is 0.469 e. The number of unbranched alkanes of at least 4 members (excludes halogenated alkanes) is 3. The van der Waals surface area contributed by atoms with Crippen molar-refractivity contribution >= 4 is 22.6 Å². The first kappa shape index (κ1) is 39.9. The lowest BCUT2D eigenvalue weighted by atomic mass is 9.87. The number of ether oxygens (including phenoxy) is 2. The zero-order valence-electron chi connectivity index (χ0n) is 30.7. The van der Waals surface area contributed by atoms with Gasteiger partial charge in [-0.15, -0.1) is 0 Å². The van der Waals surface area contributed by atoms with Crippen LogP contribution >= 0.6 is 0 Å². The molecular weight excluding hydrogens is 597 g/mol. The third kappa shape index (κ3) is 12.3. The lowest BCUT2D eigenvalue weighted by Crippen LogP contribution is -2.45. The molecule has 0 bridgehead atoms. The third-order valence-electron chi connectivity index (χ3n) is 10.6. The SMILES string of the molecule is COCc1cccc(C[C@H](/C=C/[C@@H]2[C@@H](CCCCCCC(=O)OC)[C@H](O)C[C@H]2O[Si](C)(C)C(C)(C)C)O[Si](C)(C)C(C)(C)C)c1. The zero-order chi connectivity index (χ0) is 34.1. The summed E-state index contributed by atoms with van der Waals surface area (Å²) in [6, 6.07) is 8.62. The van der Waals surface area contributed by atoms with E-state index in [0.29, 0.717) is 19.4 Å². The molecule has 1 aliphatic carbocycles. The maximum Gasteiger partial charge on any atom is 0.305 e. The highest BCUT2D eigenvalue weighted by atomic mass is 28.4. The first-order valence-corrected chi connectivity index (χ1v) is 23.0. The molecule has 1 N–H and O–H groups in total. The van der Waals surface area contributed by atoms with Crippen LogP contribution in [0.25, 0.3) is 0 Å². The predicted molar refractivity (Wildman–Crippen MR) is 191 cm³/mol. The van der Waals surface area contributed by atoms with Crippen LogP contribution in [-0.2, 0) is 36.1 Å². The Labute approximate surface area is 277 Å². The van der Waals surface area contributed by atoms with E-state index in [4.69, 9.17) is 18.3 Å². The first-order valence-electron chi connectivity index (χ1n) is 17.2. The molecule has 1 fully saturated rings. The van der Waals surface area contributed by atoms with E-state index >= 15 is 0 Å². The minimum atomic E-state index is -2.07. The van der Waals surface area contributed by atoms with Gasteiger partial charge in [0.1, 0.15) is 0 Å². The van der Waals surface area contributed by atoms with E-state index in [2.05, 4.69) is 104 Å². The molecule has 0 spiro atoms. The molecule has 0 saturated heterocycles. The van der Waals surface area contributed by atoms with Gasteiger partial charge in [-0.1, -0.05) is 97.2 Å². The Morgan fingerprint density at radius 2 is 1.58 bits per heavy atom. The standard InChI is InChI=1S/C37H66O6Si2/c1-36(2,3)44(9,10)42-30(25-28-18-17-19-29(24-28)27-40-7)22-23-32-31(20-15-13-14-16-21-35(39)41-8)33(38)26-34(32)43-45(11,12)37(4,5)6/h17-19,22-24,30-34,38H,13-16,20-21,25-27H2,1-12H3/b23-22+/t30-,31+,32+,33+,34+/m0/s1. The van der Waals surface area contributed by atoms with Crippen molar-refractivity contribution in [2.45, 2.75) is 154 Å². The molecule has 0 heterocycles. The molecule has 1 aromatic rings. The van der Waals surface area contributed by atoms with E-state index in [1.54, 1.807) is 7.11 Å². The van der Waals surface area contributed by atoms with Gasteiger partial charge in [-0.05, 0) is 72.6 Å². The third-order valence-corrected chi connectivity index (χ3v) is 19.6. The summed E-state index contributed by atoms with van der Waals surface area (Å²) < 4.78 is 24.3. The molecule has 1 aromatic carbocycles. The van der Waals surface area contributed by atoms with Gasteiger partial charge >= 0.3 is 5.97 Å². The molecule has 2 rings (SSSR count). The van der Waals surface area contributed by atoms with Crippen LogP contribution in [0.1, 0.15) is 97.6 Å². The molecule has 8 heteroatoms. The molecule has 0 aliphatic heterocycles. The van der Waals surface area contributed by atoms with Gasteiger partial charge in [0, 0.05) is 25.9 Å². The van der Waals surface area contributed by atoms with E-state index in [1.165, 1.54) is 18.2 Å². The van der Waals surface area contributed by atoms with Crippen LogP contribution in [0.4, 0.5) is 0 Å². The second kappa shape index (κ2) is 17.2. The number of carbonyl (C=O) groups is 1. The summed E-state index contributed by atoms with van der Waals surface area (Å²) in [5.74, 6) is 0.113. The van der Waals surface area contributed by atoms with Gasteiger partial charge in [-0.3, -0.25) is 4.79 Å². The number of benzene rings is 1. The van der Waals surface area contributed by atoms with Crippen LogP contribution in [-0.4, -0.2) is 60.2 Å². The molecule has 1 aliphatic rings. The van der Waals surface area contributed by atoms with Crippen molar-refractivity contribution in [2.75, 3.05) is 14.2 Å². The van der Waals surface area contributed by atoms with E-state index in [9.17, 15) is 9.90 Å². The van der Waals surface area contributed by atoms with Crippen LogP contribution < -0.4 is 0 Å². The Hall–Kier alpha value is -1.30. The maximum absolute atomic E-state index is 11.5. The number of esters is 1. The van der Waals surface area contributed by atoms with Crippen molar-refractivity contribution in [3.63, 3.8) is 0 Å². The molecule has 6 nitrogen and oxygen atoms in total. The van der Waals surface area contributed by atoms with Gasteiger partial charge in [0.2, 0.25) is 0 Å². The number of methoxy groups -OCH3 is 2. The van der Waals surface area contributed by atoms with Crippen molar-refractivity contribution < 1.29 is 28.2 Å². The number of aliphatic hydroxyl groups excluding tert-OH is 1. The van der Waals surface area contributed by atoms with E-state index in [1.807, 2.05) is 0 Å². The molecule has 0 radical (unpaired) electrons. The van der Waals surface area contributed by atoms with Crippen molar-refractivity contribution in [1.29, 1.82) is 0 Å². The van der Waals surface area contributed by atoms with Gasteiger partial charge in [-0.2, -0.15) is 0 Å². The average Bonchev–Trinajstić information content (AvgIpc) is 3.20. The fourth-order valence-corrected chi connectivity index (χ4v) is 8.38. The topological polar surface area (TPSA) is 74.2 Å². The Morgan fingerprint density at radius 1 is 0.956 bits per heavy atom. The fraction of sp³-hybridized carbons (Fsp3) is 0.757. The summed E-state index contributed by atoms with van der Waals surface area (Å²) in [6.45, 7) is 23.6. The van der Waals surface area contributed by atoms with Gasteiger partial charge < -0.3 is 23.4 Å². The van der Waals surface area contributed by atoms with Crippen molar-refractivity contribution in [2.24, 2.45) is 11.8 Å². The number of aliphatic hydroxyl groups is 1. The lowest BCUT2D eigenvalue weighted by molar-refractivity contribution is -0.140. The van der Waals surface area contributed by atoms with Crippen LogP contribution in [0.5, 0.6) is 0 Å². The monoisotopic (exact) mass is 662 g/mol. The Kier molecular flexibility index (Phi) is 15.2. The molecule has 45 heavy (non-hydrogen) atoms. The van der Waals surface area contributed by atoms with Gasteiger partial charge in [0.05, 0.1) is 32.0 Å². The maximum atomic E-state index is 11.5. The van der Waals surface area contributed by atoms with Crippen molar-refractivity contribution in [1.82, 2.24) is 0 Å². The van der Waals surface area contributed by atoms with Crippen LogP contribution in [0.15, 0.2) is 36.4 Å². The number of rotatable bonds is 17. The number of hydrogen-bond acceptors (Lipinski definition) is 6. The quantitative estimate of drug-likeness (QED) is 0.0776. The van der Waals surface area contributed by atoms with Crippen molar-refractivity contribution in [3.8, 4) is 0 Å². The zero-order valence-corrected chi connectivity index (χ0v) is 32.7. The average molecular weight is 663 g/mol. The number of carbonyl (C=O) groups excluding carboxylic acids is 1. The Bertz CT molecular complexity index is 1070. The Balaban J connectivity index is 2.36. The minimum absolute atomic E-state index is 0.0139. The lowest BCUT2D eigenvalue weighted by Gasteiger charge is -2.40. The highest BCUT2D eigenvalue weighted by Crippen LogP contribution is 2.45. The summed E-state index contributed by atoms with van der Waals surface area (Å²) in [6.07, 6.45) is 10.9. The van der Waals surface area contributed by atoms with Crippen molar-refractivity contribution in [3.05, 3.63) is 47.5 Å². The van der Waals surface area contributed by atoms with Gasteiger partial charge in [0.15, 0.2) is 16.6 Å². The van der Waals surface area contributed by atoms with E-state index in [-0.39, 0.29) is 40.1 Å². The predicted octanol–water partition coefficient (Wildman–Crippen LogP) is 9.22. The molecule has 0 amide bonds. The normalized spacial score (nSPS) is 22.2. The van der Waals surface area contributed by atoms with E-state index in [0.717, 1.165) is 38.5 Å². The molecule has 0 unspecified atom stereocenters. The Morgan fingerprint density at radius 3 is 2.18 bits per heavy atom. The van der Waals surface area contributed by atoms with Crippen LogP contribution in [0, 0.1) is 11.8 Å². The summed E-state index contributed by atoms with van der Waals surface area (Å²) >= 11 is 0. The summed E-state index contributed by atoms with van der Waals surface area (Å²) in [5.41, 5.74) is 2.40. The summed E-state index contributed by atoms with van der Waals surface area (Å²) in [4.78, 5) is 11.5. The van der Waals surface area contributed by atoms with Gasteiger partial charge in [-0.25, -0.2) is 0 Å². The molecule has 1 saturated carbocycles. The highest BCUT2D eigenvalue weighted by molar-refractivity contribution is 6.74. The first-order chi connectivity index (χ1) is 20.8. The van der Waals surface area contributed by atoms with Crippen LogP contribution in [0.2, 0.25) is 36.3 Å². The summed E-state index contributed by atoms with van der Waals surface area (Å²) in [7, 11) is -0.943. The number of hydrogen-bond donors (Lipinski definition) is 1. The smallest absolute Gasteiger partial charge is 0.305 e. The summed E-state index contributed by atoms with van der Waals surface area (Å²) in [5, 5.41) is 11.6. The molecule has 258 valence electrons. The second-order valence-corrected chi connectivity index (χ2v) is 25.8. The van der Waals surface area contributed by atoms with Crippen LogP contribution in [0.3, 0.4) is 0 Å². The fourth-order valence-electron chi connectivity index (χ4n) is 5.74. The molecule has 0 aromatic heterocycles. The minimum Gasteiger partial charge on any atom is -0.469 e.